The van der Waals surface area contributed by atoms with Crippen LogP contribution in [0.15, 0.2) is 35.1 Å². The first kappa shape index (κ1) is 12.3. The Kier molecular flexibility index (Phi) is 2.90. The predicted octanol–water partition coefficient (Wildman–Crippen LogP) is 2.59. The van der Waals surface area contributed by atoms with Crippen molar-refractivity contribution in [1.29, 1.82) is 0 Å². The molecule has 1 aromatic carbocycles. The zero-order chi connectivity index (χ0) is 13.3. The number of halogens is 4. The Morgan fingerprint density at radius 3 is 2.39 bits per heavy atom. The lowest BCUT2D eigenvalue weighted by Gasteiger charge is -2.12. The van der Waals surface area contributed by atoms with Gasteiger partial charge in [0.2, 0.25) is 0 Å². The van der Waals surface area contributed by atoms with Crippen molar-refractivity contribution in [2.24, 2.45) is 0 Å². The molecule has 0 fully saturated rings. The van der Waals surface area contributed by atoms with Crippen LogP contribution in [-0.2, 0) is 6.18 Å². The first-order valence-corrected chi connectivity index (χ1v) is 4.81. The molecule has 0 bridgehead atoms. The van der Waals surface area contributed by atoms with Crippen LogP contribution >= 0.6 is 0 Å². The molecule has 1 heterocycles. The zero-order valence-electron chi connectivity index (χ0n) is 8.75. The van der Waals surface area contributed by atoms with E-state index in [1.807, 2.05) is 5.10 Å². The summed E-state index contributed by atoms with van der Waals surface area (Å²) in [6.45, 7) is 0. The first-order valence-electron chi connectivity index (χ1n) is 4.81. The summed E-state index contributed by atoms with van der Waals surface area (Å²) < 4.78 is 51.5. The Labute approximate surface area is 98.1 Å². The molecule has 7 heteroatoms. The molecule has 0 atom stereocenters. The number of hydrogen-bond donors (Lipinski definition) is 1. The van der Waals surface area contributed by atoms with Crippen molar-refractivity contribution in [1.82, 2.24) is 10.2 Å². The van der Waals surface area contributed by atoms with Gasteiger partial charge >= 0.3 is 6.18 Å². The van der Waals surface area contributed by atoms with E-state index >= 15 is 0 Å². The van der Waals surface area contributed by atoms with E-state index in [0.717, 1.165) is 30.3 Å². The Morgan fingerprint density at radius 1 is 1.11 bits per heavy atom. The van der Waals surface area contributed by atoms with Crippen molar-refractivity contribution in [3.05, 3.63) is 52.1 Å². The summed E-state index contributed by atoms with van der Waals surface area (Å²) in [6.07, 6.45) is -4.83. The van der Waals surface area contributed by atoms with Gasteiger partial charge in [0.15, 0.2) is 0 Å². The molecule has 0 unspecified atom stereocenters. The maximum absolute atomic E-state index is 13.3. The molecule has 94 valence electrons. The molecule has 0 aliphatic heterocycles. The molecule has 0 radical (unpaired) electrons. The highest BCUT2D eigenvalue weighted by atomic mass is 19.4. The van der Waals surface area contributed by atoms with E-state index in [2.05, 4.69) is 5.10 Å². The monoisotopic (exact) mass is 258 g/mol. The number of nitrogens with zero attached hydrogens (tertiary/aromatic N) is 1. The average Bonchev–Trinajstić information content (AvgIpc) is 2.28. The number of hydrogen-bond acceptors (Lipinski definition) is 2. The lowest BCUT2D eigenvalue weighted by atomic mass is 10.0. The minimum Gasteiger partial charge on any atom is -0.268 e. The van der Waals surface area contributed by atoms with Gasteiger partial charge in [-0.05, 0) is 12.1 Å². The average molecular weight is 258 g/mol. The van der Waals surface area contributed by atoms with Gasteiger partial charge in [-0.1, -0.05) is 12.1 Å². The normalized spacial score (nSPS) is 11.6. The van der Waals surface area contributed by atoms with Crippen LogP contribution in [0.3, 0.4) is 0 Å². The third-order valence-corrected chi connectivity index (χ3v) is 2.25. The molecular weight excluding hydrogens is 252 g/mol. The maximum Gasteiger partial charge on any atom is 0.419 e. The molecule has 0 aliphatic carbocycles. The number of rotatable bonds is 1. The van der Waals surface area contributed by atoms with E-state index in [4.69, 9.17) is 0 Å². The van der Waals surface area contributed by atoms with Crippen molar-refractivity contribution < 1.29 is 17.6 Å². The van der Waals surface area contributed by atoms with Crippen LogP contribution in [0.4, 0.5) is 17.6 Å². The van der Waals surface area contributed by atoms with Gasteiger partial charge in [-0.15, -0.1) is 0 Å². The summed E-state index contributed by atoms with van der Waals surface area (Å²) in [6, 6.07) is 5.08. The molecule has 1 aromatic heterocycles. The van der Waals surface area contributed by atoms with E-state index in [-0.39, 0.29) is 5.69 Å². The number of benzene rings is 1. The predicted molar refractivity (Wildman–Crippen MR) is 55.3 cm³/mol. The Bertz CT molecular complexity index is 613. The summed E-state index contributed by atoms with van der Waals surface area (Å²) in [5.41, 5.74) is -2.52. The highest BCUT2D eigenvalue weighted by Gasteiger charge is 2.37. The smallest absolute Gasteiger partial charge is 0.268 e. The zero-order valence-corrected chi connectivity index (χ0v) is 8.75. The minimum absolute atomic E-state index is 0.151. The SMILES string of the molecule is O=c1ccc(-c2cccc(F)c2C(F)(F)F)n[nH]1. The summed E-state index contributed by atoms with van der Waals surface area (Å²) >= 11 is 0. The van der Waals surface area contributed by atoms with Crippen LogP contribution in [-0.4, -0.2) is 10.2 Å². The number of aromatic nitrogens is 2. The summed E-state index contributed by atoms with van der Waals surface area (Å²) in [5.74, 6) is -1.38. The lowest BCUT2D eigenvalue weighted by Crippen LogP contribution is -2.12. The Balaban J connectivity index is 2.68. The van der Waals surface area contributed by atoms with Crippen LogP contribution in [0.1, 0.15) is 5.56 Å². The van der Waals surface area contributed by atoms with Crippen LogP contribution in [0.25, 0.3) is 11.3 Å². The largest absolute Gasteiger partial charge is 0.419 e. The third kappa shape index (κ3) is 2.24. The molecule has 0 saturated carbocycles. The van der Waals surface area contributed by atoms with Gasteiger partial charge in [-0.3, -0.25) is 4.79 Å². The molecule has 1 N–H and O–H groups in total. The topological polar surface area (TPSA) is 45.8 Å². The van der Waals surface area contributed by atoms with Gasteiger partial charge in [0.25, 0.3) is 5.56 Å². The van der Waals surface area contributed by atoms with Crippen LogP contribution in [0.2, 0.25) is 0 Å². The number of nitrogens with one attached hydrogen (secondary N) is 1. The van der Waals surface area contributed by atoms with E-state index in [9.17, 15) is 22.4 Å². The summed E-state index contributed by atoms with van der Waals surface area (Å²) in [4.78, 5) is 10.8. The van der Waals surface area contributed by atoms with Crippen molar-refractivity contribution in [2.75, 3.05) is 0 Å². The molecule has 18 heavy (non-hydrogen) atoms. The van der Waals surface area contributed by atoms with Crippen molar-refractivity contribution >= 4 is 0 Å². The molecule has 0 aliphatic rings. The van der Waals surface area contributed by atoms with Gasteiger partial charge in [-0.25, -0.2) is 9.49 Å². The fourth-order valence-electron chi connectivity index (χ4n) is 1.52. The summed E-state index contributed by atoms with van der Waals surface area (Å²) in [5, 5.41) is 5.46. The lowest BCUT2D eigenvalue weighted by molar-refractivity contribution is -0.139. The number of H-pyrrole nitrogens is 1. The van der Waals surface area contributed by atoms with E-state index < -0.39 is 28.7 Å². The summed E-state index contributed by atoms with van der Waals surface area (Å²) in [7, 11) is 0. The molecule has 2 rings (SSSR count). The molecule has 2 aromatic rings. The standard InChI is InChI=1S/C11H6F4N2O/c12-7-3-1-2-6(10(7)11(13,14)15)8-4-5-9(18)17-16-8/h1-5H,(H,17,18). The molecule has 0 amide bonds. The van der Waals surface area contributed by atoms with Gasteiger partial charge in [0.1, 0.15) is 11.4 Å². The second-order valence-electron chi connectivity index (χ2n) is 3.47. The van der Waals surface area contributed by atoms with Gasteiger partial charge in [-0.2, -0.15) is 18.3 Å². The Morgan fingerprint density at radius 2 is 1.83 bits per heavy atom. The van der Waals surface area contributed by atoms with Crippen molar-refractivity contribution in [3.8, 4) is 11.3 Å². The molecule has 0 saturated heterocycles. The highest BCUT2D eigenvalue weighted by Crippen LogP contribution is 2.37. The van der Waals surface area contributed by atoms with Crippen LogP contribution in [0.5, 0.6) is 0 Å². The van der Waals surface area contributed by atoms with Crippen molar-refractivity contribution in [3.63, 3.8) is 0 Å². The fraction of sp³-hybridized carbons (Fsp3) is 0.0909. The van der Waals surface area contributed by atoms with E-state index in [1.165, 1.54) is 0 Å². The maximum atomic E-state index is 13.3. The number of aromatic amines is 1. The van der Waals surface area contributed by atoms with E-state index in [1.54, 1.807) is 0 Å². The van der Waals surface area contributed by atoms with Gasteiger partial charge in [0.05, 0.1) is 5.69 Å². The van der Waals surface area contributed by atoms with Crippen molar-refractivity contribution in [2.45, 2.75) is 6.18 Å². The van der Waals surface area contributed by atoms with E-state index in [0.29, 0.717) is 0 Å². The number of alkyl halides is 3. The van der Waals surface area contributed by atoms with Crippen LogP contribution < -0.4 is 5.56 Å². The highest BCUT2D eigenvalue weighted by molar-refractivity contribution is 5.64. The van der Waals surface area contributed by atoms with Crippen LogP contribution in [0, 0.1) is 5.82 Å². The Hall–Kier alpha value is -2.18. The van der Waals surface area contributed by atoms with Gasteiger partial charge < -0.3 is 0 Å². The quantitative estimate of drug-likeness (QED) is 0.799. The molecule has 3 nitrogen and oxygen atoms in total. The molecule has 0 spiro atoms. The first-order chi connectivity index (χ1) is 8.39. The molecular formula is C11H6F4N2O. The fourth-order valence-corrected chi connectivity index (χ4v) is 1.52. The van der Waals surface area contributed by atoms with Gasteiger partial charge in [0, 0.05) is 11.6 Å². The minimum atomic E-state index is -4.83. The second kappa shape index (κ2) is 4.25. The second-order valence-corrected chi connectivity index (χ2v) is 3.47. The third-order valence-electron chi connectivity index (χ3n) is 2.25.